The molecule has 6 nitrogen and oxygen atoms in total. The summed E-state index contributed by atoms with van der Waals surface area (Å²) in [7, 11) is 1.56. The van der Waals surface area contributed by atoms with Gasteiger partial charge in [-0.05, 0) is 43.7 Å². The van der Waals surface area contributed by atoms with Gasteiger partial charge >= 0.3 is 5.97 Å². The molecule has 0 heterocycles. The summed E-state index contributed by atoms with van der Waals surface area (Å²) in [5.41, 5.74) is 0.623. The molecule has 0 fully saturated rings. The molecule has 0 saturated heterocycles. The molecule has 0 aliphatic carbocycles. The molecule has 0 radical (unpaired) electrons. The Kier molecular flexibility index (Phi) is 7.49. The van der Waals surface area contributed by atoms with Crippen LogP contribution in [0.1, 0.15) is 30.6 Å². The van der Waals surface area contributed by atoms with E-state index in [1.807, 2.05) is 6.92 Å². The van der Waals surface area contributed by atoms with E-state index in [2.05, 4.69) is 5.32 Å². The second-order valence-corrected chi connectivity index (χ2v) is 6.01. The van der Waals surface area contributed by atoms with Gasteiger partial charge in [-0.2, -0.15) is 0 Å². The van der Waals surface area contributed by atoms with Crippen molar-refractivity contribution in [2.24, 2.45) is 0 Å². The molecular formula is C20H22ClNO5. The molecule has 0 bridgehead atoms. The number of hydrogen-bond acceptors (Lipinski definition) is 5. The molecule has 2 rings (SSSR count). The van der Waals surface area contributed by atoms with Crippen molar-refractivity contribution < 1.29 is 23.8 Å². The highest BCUT2D eigenvalue weighted by atomic mass is 35.5. The number of benzene rings is 2. The largest absolute Gasteiger partial charge is 0.497 e. The molecule has 1 amide bonds. The number of halogens is 1. The van der Waals surface area contributed by atoms with Crippen molar-refractivity contribution in [3.63, 3.8) is 0 Å². The van der Waals surface area contributed by atoms with Crippen molar-refractivity contribution >= 4 is 29.2 Å². The van der Waals surface area contributed by atoms with E-state index in [4.69, 9.17) is 25.8 Å². The van der Waals surface area contributed by atoms with Crippen LogP contribution in [0.3, 0.4) is 0 Å². The molecule has 2 aromatic rings. The van der Waals surface area contributed by atoms with Gasteiger partial charge in [-0.1, -0.05) is 24.6 Å². The lowest BCUT2D eigenvalue weighted by Crippen LogP contribution is -2.32. The lowest BCUT2D eigenvalue weighted by atomic mass is 10.2. The minimum absolute atomic E-state index is 0.193. The Balaban J connectivity index is 2.12. The number of hydrogen-bond donors (Lipinski definition) is 1. The van der Waals surface area contributed by atoms with Crippen LogP contribution in [-0.2, 0) is 9.53 Å². The fourth-order valence-electron chi connectivity index (χ4n) is 2.35. The van der Waals surface area contributed by atoms with Crippen molar-refractivity contribution in [3.8, 4) is 11.5 Å². The highest BCUT2D eigenvalue weighted by Crippen LogP contribution is 2.23. The van der Waals surface area contributed by atoms with E-state index in [9.17, 15) is 9.59 Å². The number of ether oxygens (including phenoxy) is 3. The third-order valence-corrected chi connectivity index (χ3v) is 4.04. The minimum atomic E-state index is -0.709. The molecule has 0 spiro atoms. The van der Waals surface area contributed by atoms with Crippen molar-refractivity contribution in [2.75, 3.05) is 19.0 Å². The van der Waals surface area contributed by atoms with Gasteiger partial charge < -0.3 is 19.5 Å². The molecule has 2 aromatic carbocycles. The number of methoxy groups -OCH3 is 1. The van der Waals surface area contributed by atoms with E-state index in [1.54, 1.807) is 44.4 Å². The quantitative estimate of drug-likeness (QED) is 0.678. The van der Waals surface area contributed by atoms with Crippen molar-refractivity contribution in [1.82, 2.24) is 0 Å². The van der Waals surface area contributed by atoms with Gasteiger partial charge in [-0.25, -0.2) is 4.79 Å². The first kappa shape index (κ1) is 20.6. The highest BCUT2D eigenvalue weighted by Gasteiger charge is 2.20. The monoisotopic (exact) mass is 391 g/mol. The van der Waals surface area contributed by atoms with Crippen LogP contribution in [0.25, 0.3) is 0 Å². The van der Waals surface area contributed by atoms with Gasteiger partial charge in [-0.3, -0.25) is 4.79 Å². The number of amides is 1. The van der Waals surface area contributed by atoms with Crippen molar-refractivity contribution in [2.45, 2.75) is 26.4 Å². The average molecular weight is 392 g/mol. The summed E-state index contributed by atoms with van der Waals surface area (Å²) < 4.78 is 15.9. The summed E-state index contributed by atoms with van der Waals surface area (Å²) in [5, 5.41) is 3.00. The van der Waals surface area contributed by atoms with Gasteiger partial charge in [0.15, 0.2) is 6.10 Å². The Hall–Kier alpha value is -2.73. The molecule has 7 heteroatoms. The number of nitrogens with one attached hydrogen (secondary N) is 1. The molecule has 0 aromatic heterocycles. The molecule has 0 aliphatic rings. The van der Waals surface area contributed by atoms with Gasteiger partial charge in [0, 0.05) is 11.8 Å². The van der Waals surface area contributed by atoms with Gasteiger partial charge in [-0.15, -0.1) is 0 Å². The average Bonchev–Trinajstić information content (AvgIpc) is 2.67. The first-order chi connectivity index (χ1) is 13.0. The van der Waals surface area contributed by atoms with E-state index in [1.165, 1.54) is 12.1 Å². The molecule has 27 heavy (non-hydrogen) atoms. The maximum atomic E-state index is 12.6. The van der Waals surface area contributed by atoms with Crippen LogP contribution in [0.15, 0.2) is 42.5 Å². The van der Waals surface area contributed by atoms with Crippen LogP contribution < -0.4 is 14.8 Å². The molecule has 144 valence electrons. The zero-order valence-electron chi connectivity index (χ0n) is 15.5. The molecule has 0 unspecified atom stereocenters. The van der Waals surface area contributed by atoms with Crippen LogP contribution in [0.2, 0.25) is 5.02 Å². The molecule has 0 aliphatic heterocycles. The lowest BCUT2D eigenvalue weighted by molar-refractivity contribution is -0.122. The predicted octanol–water partition coefficient (Wildman–Crippen LogP) is 4.32. The third kappa shape index (κ3) is 5.62. The van der Waals surface area contributed by atoms with Gasteiger partial charge in [0.05, 0.1) is 24.3 Å². The Morgan fingerprint density at radius 3 is 2.52 bits per heavy atom. The molecule has 0 saturated carbocycles. The summed E-state index contributed by atoms with van der Waals surface area (Å²) in [4.78, 5) is 24.5. The summed E-state index contributed by atoms with van der Waals surface area (Å²) in [6.07, 6.45) is -0.250. The Morgan fingerprint density at radius 2 is 1.85 bits per heavy atom. The minimum Gasteiger partial charge on any atom is -0.497 e. The van der Waals surface area contributed by atoms with E-state index in [-0.39, 0.29) is 23.1 Å². The van der Waals surface area contributed by atoms with Crippen molar-refractivity contribution in [3.05, 3.63) is 53.1 Å². The lowest BCUT2D eigenvalue weighted by Gasteiger charge is -2.18. The Labute approximate surface area is 163 Å². The second-order valence-electron chi connectivity index (χ2n) is 5.60. The Morgan fingerprint density at radius 1 is 1.11 bits per heavy atom. The molecular weight excluding hydrogens is 370 g/mol. The van der Waals surface area contributed by atoms with E-state index < -0.39 is 12.1 Å². The van der Waals surface area contributed by atoms with Crippen molar-refractivity contribution in [1.29, 1.82) is 0 Å². The zero-order chi connectivity index (χ0) is 19.8. The maximum absolute atomic E-state index is 12.6. The number of carbonyl (C=O) groups is 2. The fraction of sp³-hybridized carbons (Fsp3) is 0.300. The third-order valence-electron chi connectivity index (χ3n) is 3.71. The first-order valence-corrected chi connectivity index (χ1v) is 8.94. The van der Waals surface area contributed by atoms with Crippen LogP contribution in [0.4, 0.5) is 5.69 Å². The fourth-order valence-corrected chi connectivity index (χ4v) is 2.55. The van der Waals surface area contributed by atoms with Crippen LogP contribution in [0, 0.1) is 0 Å². The number of anilines is 1. The topological polar surface area (TPSA) is 73.9 Å². The summed E-state index contributed by atoms with van der Waals surface area (Å²) in [6.45, 7) is 3.79. The number of carbonyl (C=O) groups excluding carboxylic acids is 2. The SMILES string of the molecule is CCOC(=O)c1cc(NC(=O)[C@@H](CC)Oc2cccc(OC)c2)ccc1Cl. The van der Waals surface area contributed by atoms with E-state index in [0.29, 0.717) is 23.6 Å². The normalized spacial score (nSPS) is 11.4. The predicted molar refractivity (Wildman–Crippen MR) is 104 cm³/mol. The number of rotatable bonds is 8. The van der Waals surface area contributed by atoms with Crippen LogP contribution >= 0.6 is 11.6 Å². The summed E-state index contributed by atoms with van der Waals surface area (Å²) in [5.74, 6) is 0.287. The van der Waals surface area contributed by atoms with Gasteiger partial charge in [0.2, 0.25) is 0 Å². The standard InChI is InChI=1S/C20H22ClNO5/c1-4-18(27-15-8-6-7-14(12-15)25-3)19(23)22-13-9-10-17(21)16(11-13)20(24)26-5-2/h6-12,18H,4-5H2,1-3H3,(H,22,23)/t18-/m1/s1. The van der Waals surface area contributed by atoms with Crippen LogP contribution in [-0.4, -0.2) is 31.7 Å². The van der Waals surface area contributed by atoms with Gasteiger partial charge in [0.1, 0.15) is 11.5 Å². The summed E-state index contributed by atoms with van der Waals surface area (Å²) >= 11 is 6.04. The summed E-state index contributed by atoms with van der Waals surface area (Å²) in [6, 6.07) is 11.7. The molecule has 1 N–H and O–H groups in total. The van der Waals surface area contributed by atoms with E-state index >= 15 is 0 Å². The highest BCUT2D eigenvalue weighted by molar-refractivity contribution is 6.33. The number of esters is 1. The second kappa shape index (κ2) is 9.83. The zero-order valence-corrected chi connectivity index (χ0v) is 16.2. The molecule has 1 atom stereocenters. The van der Waals surface area contributed by atoms with Gasteiger partial charge in [0.25, 0.3) is 5.91 Å². The maximum Gasteiger partial charge on any atom is 0.339 e. The van der Waals surface area contributed by atoms with Crippen LogP contribution in [0.5, 0.6) is 11.5 Å². The first-order valence-electron chi connectivity index (χ1n) is 8.56. The smallest absolute Gasteiger partial charge is 0.339 e. The van der Waals surface area contributed by atoms with E-state index in [0.717, 1.165) is 0 Å². The Bertz CT molecular complexity index is 809.